The van der Waals surface area contributed by atoms with Crippen LogP contribution >= 0.6 is 0 Å². The van der Waals surface area contributed by atoms with Crippen molar-refractivity contribution in [3.8, 4) is 0 Å². The van der Waals surface area contributed by atoms with Gasteiger partial charge >= 0.3 is 5.97 Å². The van der Waals surface area contributed by atoms with Gasteiger partial charge in [0.15, 0.2) is 0 Å². The summed E-state index contributed by atoms with van der Waals surface area (Å²) in [6.45, 7) is 4.69. The fourth-order valence-electron chi connectivity index (χ4n) is 2.10. The summed E-state index contributed by atoms with van der Waals surface area (Å²) in [5.41, 5.74) is 6.47. The molecule has 0 aliphatic heterocycles. The topological polar surface area (TPSA) is 92.4 Å². The molecule has 1 unspecified atom stereocenters. The van der Waals surface area contributed by atoms with Crippen molar-refractivity contribution in [2.75, 3.05) is 11.9 Å². The molecular formula is C15H22N2O3. The molecule has 1 aromatic carbocycles. The SMILES string of the molecule is CC(C)CC(CN)CC(=O)Nc1ccc(C(=O)O)cc1. The first-order valence-corrected chi connectivity index (χ1v) is 6.75. The van der Waals surface area contributed by atoms with Crippen molar-refractivity contribution in [3.05, 3.63) is 29.8 Å². The number of carbonyl (C=O) groups is 2. The van der Waals surface area contributed by atoms with Crippen LogP contribution in [-0.2, 0) is 4.79 Å². The predicted octanol–water partition coefficient (Wildman–Crippen LogP) is 2.33. The van der Waals surface area contributed by atoms with Crippen LogP contribution in [0.5, 0.6) is 0 Å². The van der Waals surface area contributed by atoms with E-state index < -0.39 is 5.97 Å². The fraction of sp³-hybridized carbons (Fsp3) is 0.467. The molecular weight excluding hydrogens is 256 g/mol. The van der Waals surface area contributed by atoms with Gasteiger partial charge in [-0.1, -0.05) is 13.8 Å². The van der Waals surface area contributed by atoms with Gasteiger partial charge < -0.3 is 16.2 Å². The van der Waals surface area contributed by atoms with Crippen LogP contribution in [0.4, 0.5) is 5.69 Å². The molecule has 5 nitrogen and oxygen atoms in total. The third-order valence-electron chi connectivity index (χ3n) is 3.03. The van der Waals surface area contributed by atoms with Crippen molar-refractivity contribution in [1.29, 1.82) is 0 Å². The zero-order valence-electron chi connectivity index (χ0n) is 11.9. The molecule has 1 aromatic rings. The number of carbonyl (C=O) groups excluding carboxylic acids is 1. The Morgan fingerprint density at radius 1 is 1.25 bits per heavy atom. The monoisotopic (exact) mass is 278 g/mol. The highest BCUT2D eigenvalue weighted by molar-refractivity contribution is 5.92. The van der Waals surface area contributed by atoms with Crippen molar-refractivity contribution in [2.45, 2.75) is 26.7 Å². The van der Waals surface area contributed by atoms with Gasteiger partial charge in [0.25, 0.3) is 0 Å². The first-order valence-electron chi connectivity index (χ1n) is 6.75. The zero-order valence-corrected chi connectivity index (χ0v) is 11.9. The van der Waals surface area contributed by atoms with Crippen molar-refractivity contribution in [3.63, 3.8) is 0 Å². The molecule has 0 saturated heterocycles. The number of benzene rings is 1. The molecule has 0 radical (unpaired) electrons. The normalized spacial score (nSPS) is 12.2. The maximum Gasteiger partial charge on any atom is 0.335 e. The second kappa shape index (κ2) is 7.65. The Labute approximate surface area is 119 Å². The minimum atomic E-state index is -0.983. The van der Waals surface area contributed by atoms with Crippen molar-refractivity contribution < 1.29 is 14.7 Å². The number of hydrogen-bond acceptors (Lipinski definition) is 3. The maximum absolute atomic E-state index is 11.9. The summed E-state index contributed by atoms with van der Waals surface area (Å²) in [5, 5.41) is 11.5. The largest absolute Gasteiger partial charge is 0.478 e. The van der Waals surface area contributed by atoms with E-state index in [-0.39, 0.29) is 17.4 Å². The van der Waals surface area contributed by atoms with Crippen molar-refractivity contribution in [1.82, 2.24) is 0 Å². The molecule has 0 bridgehead atoms. The lowest BCUT2D eigenvalue weighted by atomic mass is 9.94. The molecule has 0 heterocycles. The first-order chi connectivity index (χ1) is 9.42. The highest BCUT2D eigenvalue weighted by Gasteiger charge is 2.14. The minimum absolute atomic E-state index is 0.0934. The Morgan fingerprint density at radius 2 is 1.85 bits per heavy atom. The molecule has 5 heteroatoms. The van der Waals surface area contributed by atoms with E-state index in [1.807, 2.05) is 0 Å². The van der Waals surface area contributed by atoms with E-state index >= 15 is 0 Å². The lowest BCUT2D eigenvalue weighted by Gasteiger charge is -2.16. The summed E-state index contributed by atoms with van der Waals surface area (Å²) in [6, 6.07) is 6.10. The van der Waals surface area contributed by atoms with Crippen LogP contribution in [0, 0.1) is 11.8 Å². The van der Waals surface area contributed by atoms with Gasteiger partial charge in [0.05, 0.1) is 5.56 Å². The van der Waals surface area contributed by atoms with E-state index in [0.29, 0.717) is 24.6 Å². The van der Waals surface area contributed by atoms with Crippen LogP contribution in [0.1, 0.15) is 37.0 Å². The fourth-order valence-corrected chi connectivity index (χ4v) is 2.10. The van der Waals surface area contributed by atoms with Gasteiger partial charge in [-0.25, -0.2) is 4.79 Å². The summed E-state index contributed by atoms with van der Waals surface area (Å²) in [4.78, 5) is 22.6. The average molecular weight is 278 g/mol. The summed E-state index contributed by atoms with van der Waals surface area (Å²) < 4.78 is 0. The number of hydrogen-bond donors (Lipinski definition) is 3. The van der Waals surface area contributed by atoms with E-state index in [1.165, 1.54) is 12.1 Å². The molecule has 4 N–H and O–H groups in total. The zero-order chi connectivity index (χ0) is 15.1. The number of anilines is 1. The number of amides is 1. The number of carboxylic acids is 1. The molecule has 1 atom stereocenters. The smallest absolute Gasteiger partial charge is 0.335 e. The van der Waals surface area contributed by atoms with Crippen LogP contribution < -0.4 is 11.1 Å². The quantitative estimate of drug-likeness (QED) is 0.713. The first kappa shape index (κ1) is 16.2. The van der Waals surface area contributed by atoms with Gasteiger partial charge in [0.2, 0.25) is 5.91 Å². The molecule has 110 valence electrons. The molecule has 0 fully saturated rings. The summed E-state index contributed by atoms with van der Waals surface area (Å²) in [7, 11) is 0. The number of aromatic carboxylic acids is 1. The van der Waals surface area contributed by atoms with E-state index in [9.17, 15) is 9.59 Å². The molecule has 1 amide bonds. The van der Waals surface area contributed by atoms with Crippen molar-refractivity contribution in [2.24, 2.45) is 17.6 Å². The third-order valence-corrected chi connectivity index (χ3v) is 3.03. The van der Waals surface area contributed by atoms with Gasteiger partial charge in [0, 0.05) is 12.1 Å². The van der Waals surface area contributed by atoms with Crippen LogP contribution in [0.3, 0.4) is 0 Å². The van der Waals surface area contributed by atoms with Crippen molar-refractivity contribution >= 4 is 17.6 Å². The Morgan fingerprint density at radius 3 is 2.30 bits per heavy atom. The molecule has 0 aromatic heterocycles. The summed E-state index contributed by atoms with van der Waals surface area (Å²) in [5.74, 6) is -0.397. The van der Waals surface area contributed by atoms with Crippen LogP contribution in [0.2, 0.25) is 0 Å². The molecule has 0 spiro atoms. The highest BCUT2D eigenvalue weighted by Crippen LogP contribution is 2.16. The lowest BCUT2D eigenvalue weighted by molar-refractivity contribution is -0.117. The van der Waals surface area contributed by atoms with E-state index in [4.69, 9.17) is 10.8 Å². The van der Waals surface area contributed by atoms with Gasteiger partial charge in [-0.15, -0.1) is 0 Å². The second-order valence-corrected chi connectivity index (χ2v) is 5.37. The summed E-state index contributed by atoms with van der Waals surface area (Å²) >= 11 is 0. The predicted molar refractivity (Wildman–Crippen MR) is 78.6 cm³/mol. The minimum Gasteiger partial charge on any atom is -0.478 e. The summed E-state index contributed by atoms with van der Waals surface area (Å²) in [6.07, 6.45) is 1.30. The molecule has 20 heavy (non-hydrogen) atoms. The molecule has 1 rings (SSSR count). The lowest BCUT2D eigenvalue weighted by Crippen LogP contribution is -2.23. The Kier molecular flexibility index (Phi) is 6.18. The van der Waals surface area contributed by atoms with E-state index in [2.05, 4.69) is 19.2 Å². The highest BCUT2D eigenvalue weighted by atomic mass is 16.4. The molecule has 0 aliphatic rings. The van der Waals surface area contributed by atoms with Crippen LogP contribution in [0.15, 0.2) is 24.3 Å². The average Bonchev–Trinajstić information content (AvgIpc) is 2.37. The Bertz CT molecular complexity index is 455. The number of rotatable bonds is 7. The standard InChI is InChI=1S/C15H22N2O3/c1-10(2)7-11(9-16)8-14(18)17-13-5-3-12(4-6-13)15(19)20/h3-6,10-11H,7-9,16H2,1-2H3,(H,17,18)(H,19,20). The van der Waals surface area contributed by atoms with E-state index in [0.717, 1.165) is 6.42 Å². The van der Waals surface area contributed by atoms with Gasteiger partial charge in [-0.05, 0) is 49.1 Å². The van der Waals surface area contributed by atoms with Gasteiger partial charge in [-0.2, -0.15) is 0 Å². The van der Waals surface area contributed by atoms with Gasteiger partial charge in [-0.3, -0.25) is 4.79 Å². The molecule has 0 aliphatic carbocycles. The number of nitrogens with one attached hydrogen (secondary N) is 1. The molecule has 0 saturated carbocycles. The maximum atomic E-state index is 11.9. The number of nitrogens with two attached hydrogens (primary N) is 1. The third kappa shape index (κ3) is 5.40. The second-order valence-electron chi connectivity index (χ2n) is 5.37. The Hall–Kier alpha value is -1.88. The number of carboxylic acid groups (broad SMARTS) is 1. The van der Waals surface area contributed by atoms with Crippen LogP contribution in [0.25, 0.3) is 0 Å². The van der Waals surface area contributed by atoms with Crippen LogP contribution in [-0.4, -0.2) is 23.5 Å². The van der Waals surface area contributed by atoms with Gasteiger partial charge in [0.1, 0.15) is 0 Å². The van der Waals surface area contributed by atoms with E-state index in [1.54, 1.807) is 12.1 Å². The Balaban J connectivity index is 2.55.